The zero-order valence-corrected chi connectivity index (χ0v) is 22.7. The lowest BCUT2D eigenvalue weighted by Gasteiger charge is -2.29. The molecule has 4 rings (SSSR count). The summed E-state index contributed by atoms with van der Waals surface area (Å²) in [6.07, 6.45) is 24.8. The molecule has 0 spiro atoms. The van der Waals surface area contributed by atoms with Crippen molar-refractivity contribution in [3.05, 3.63) is 65.7 Å². The van der Waals surface area contributed by atoms with Gasteiger partial charge in [-0.3, -0.25) is 0 Å². The first-order valence-corrected chi connectivity index (χ1v) is 15.2. The zero-order chi connectivity index (χ0) is 24.3. The Morgan fingerprint density at radius 3 is 1.83 bits per heavy atom. The van der Waals surface area contributed by atoms with Crippen molar-refractivity contribution in [2.24, 2.45) is 11.8 Å². The number of hydrogen-bond acceptors (Lipinski definition) is 0. The molecule has 2 aliphatic carbocycles. The minimum absolute atomic E-state index is 0.780. The van der Waals surface area contributed by atoms with Gasteiger partial charge < -0.3 is 0 Å². The topological polar surface area (TPSA) is 0 Å². The van der Waals surface area contributed by atoms with Crippen LogP contribution in [0.4, 0.5) is 0 Å². The van der Waals surface area contributed by atoms with Crippen molar-refractivity contribution in [2.45, 2.75) is 122 Å². The highest BCUT2D eigenvalue weighted by Crippen LogP contribution is 2.38. The van der Waals surface area contributed by atoms with Crippen molar-refractivity contribution in [1.82, 2.24) is 0 Å². The van der Waals surface area contributed by atoms with Crippen molar-refractivity contribution in [1.29, 1.82) is 0 Å². The Labute approximate surface area is 216 Å². The van der Waals surface area contributed by atoms with Crippen LogP contribution in [-0.2, 0) is 0 Å². The van der Waals surface area contributed by atoms with Crippen LogP contribution in [0.2, 0.25) is 0 Å². The van der Waals surface area contributed by atoms with Gasteiger partial charge in [0, 0.05) is 0 Å². The van der Waals surface area contributed by atoms with Crippen molar-refractivity contribution in [3.63, 3.8) is 0 Å². The molecule has 1 unspecified atom stereocenters. The molecule has 35 heavy (non-hydrogen) atoms. The third-order valence-electron chi connectivity index (χ3n) is 9.00. The van der Waals surface area contributed by atoms with E-state index in [4.69, 9.17) is 0 Å². The zero-order valence-electron chi connectivity index (χ0n) is 22.7. The second-order valence-electron chi connectivity index (χ2n) is 11.6. The first-order chi connectivity index (χ1) is 17.3. The summed E-state index contributed by atoms with van der Waals surface area (Å²) in [7, 11) is 0. The van der Waals surface area contributed by atoms with Crippen molar-refractivity contribution in [2.75, 3.05) is 0 Å². The molecule has 0 N–H and O–H groups in total. The number of allylic oxidation sites excluding steroid dienone is 2. The summed E-state index contributed by atoms with van der Waals surface area (Å²) < 4.78 is 0. The molecular formula is C35H50. The summed E-state index contributed by atoms with van der Waals surface area (Å²) in [4.78, 5) is 0. The number of unbranched alkanes of at least 4 members (excludes halogenated alkanes) is 5. The molecule has 2 aromatic carbocycles. The van der Waals surface area contributed by atoms with E-state index in [1.54, 1.807) is 11.1 Å². The third kappa shape index (κ3) is 7.83. The standard InChI is InChI=1S/C35H50/c1-3-5-6-7-8-9-11-29-14-18-31(19-15-29)33-22-26-35(27-23-33)34-24-20-32(21-25-34)30-16-12-28(10-4-2)13-17-30/h16,20-29,31H,3-15,17-19H2,1-2H3. The summed E-state index contributed by atoms with van der Waals surface area (Å²) in [5.41, 5.74) is 7.27. The fourth-order valence-electron chi connectivity index (χ4n) is 6.64. The lowest BCUT2D eigenvalue weighted by Crippen LogP contribution is -2.13. The van der Waals surface area contributed by atoms with Crippen molar-refractivity contribution < 1.29 is 0 Å². The summed E-state index contributed by atoms with van der Waals surface area (Å²) >= 11 is 0. The molecule has 2 aliphatic rings. The molecule has 1 saturated carbocycles. The lowest BCUT2D eigenvalue weighted by molar-refractivity contribution is 0.302. The first kappa shape index (κ1) is 26.2. The van der Waals surface area contributed by atoms with Gasteiger partial charge in [-0.15, -0.1) is 0 Å². The van der Waals surface area contributed by atoms with Crippen LogP contribution in [0.25, 0.3) is 16.7 Å². The van der Waals surface area contributed by atoms with Gasteiger partial charge in [0.05, 0.1) is 0 Å². The van der Waals surface area contributed by atoms with E-state index in [1.807, 2.05) is 0 Å². The second kappa shape index (κ2) is 14.1. The maximum atomic E-state index is 2.51. The van der Waals surface area contributed by atoms with Crippen molar-refractivity contribution in [3.8, 4) is 11.1 Å². The summed E-state index contributed by atoms with van der Waals surface area (Å²) in [6.45, 7) is 4.62. The quantitative estimate of drug-likeness (QED) is 0.270. The van der Waals surface area contributed by atoms with Gasteiger partial charge in [0.25, 0.3) is 0 Å². The van der Waals surface area contributed by atoms with Gasteiger partial charge in [0.15, 0.2) is 0 Å². The largest absolute Gasteiger partial charge is 0.0804 e. The van der Waals surface area contributed by atoms with Gasteiger partial charge in [0.1, 0.15) is 0 Å². The lowest BCUT2D eigenvalue weighted by atomic mass is 9.77. The maximum absolute atomic E-state index is 2.51. The summed E-state index contributed by atoms with van der Waals surface area (Å²) in [5, 5.41) is 0. The van der Waals surface area contributed by atoms with Crippen LogP contribution in [0.3, 0.4) is 0 Å². The third-order valence-corrected chi connectivity index (χ3v) is 9.00. The molecule has 1 fully saturated rings. The van der Waals surface area contributed by atoms with E-state index in [-0.39, 0.29) is 0 Å². The average Bonchev–Trinajstić information content (AvgIpc) is 2.92. The highest BCUT2D eigenvalue weighted by atomic mass is 14.3. The highest BCUT2D eigenvalue weighted by molar-refractivity contribution is 5.71. The average molecular weight is 471 g/mol. The summed E-state index contributed by atoms with van der Waals surface area (Å²) in [5.74, 6) is 2.69. The van der Waals surface area contributed by atoms with Gasteiger partial charge in [-0.1, -0.05) is 126 Å². The Balaban J connectivity index is 1.23. The number of benzene rings is 2. The second-order valence-corrected chi connectivity index (χ2v) is 11.6. The molecule has 0 amide bonds. The fraction of sp³-hybridized carbons (Fsp3) is 0.600. The van der Waals surface area contributed by atoms with Gasteiger partial charge in [-0.25, -0.2) is 0 Å². The van der Waals surface area contributed by atoms with E-state index in [0.717, 1.165) is 17.8 Å². The normalized spacial score (nSPS) is 22.7. The first-order valence-electron chi connectivity index (χ1n) is 15.2. The molecule has 2 aromatic rings. The van der Waals surface area contributed by atoms with E-state index >= 15 is 0 Å². The van der Waals surface area contributed by atoms with Crippen LogP contribution in [-0.4, -0.2) is 0 Å². The van der Waals surface area contributed by atoms with Gasteiger partial charge in [0.2, 0.25) is 0 Å². The monoisotopic (exact) mass is 470 g/mol. The Hall–Kier alpha value is -1.82. The predicted molar refractivity (Wildman–Crippen MR) is 155 cm³/mol. The molecule has 0 aromatic heterocycles. The molecule has 0 aliphatic heterocycles. The van der Waals surface area contributed by atoms with Crippen LogP contribution in [0, 0.1) is 11.8 Å². The van der Waals surface area contributed by atoms with E-state index in [0.29, 0.717) is 0 Å². The van der Waals surface area contributed by atoms with E-state index < -0.39 is 0 Å². The minimum Gasteiger partial charge on any atom is -0.0804 e. The maximum Gasteiger partial charge on any atom is -0.0162 e. The molecule has 0 heterocycles. The van der Waals surface area contributed by atoms with Crippen LogP contribution in [0.15, 0.2) is 54.6 Å². The van der Waals surface area contributed by atoms with Gasteiger partial charge >= 0.3 is 0 Å². The molecule has 0 bridgehead atoms. The number of hydrogen-bond donors (Lipinski definition) is 0. The molecular weight excluding hydrogens is 420 g/mol. The van der Waals surface area contributed by atoms with E-state index in [1.165, 1.54) is 119 Å². The summed E-state index contributed by atoms with van der Waals surface area (Å²) in [6, 6.07) is 18.9. The van der Waals surface area contributed by atoms with E-state index in [9.17, 15) is 0 Å². The fourth-order valence-corrected chi connectivity index (χ4v) is 6.64. The smallest absolute Gasteiger partial charge is 0.0162 e. The van der Waals surface area contributed by atoms with Crippen molar-refractivity contribution >= 4 is 5.57 Å². The Bertz CT molecular complexity index is 877. The predicted octanol–water partition coefficient (Wildman–Crippen LogP) is 11.4. The molecule has 0 saturated heterocycles. The SMILES string of the molecule is CCCCCCCCC1CCC(c2ccc(-c3ccc(C4=CCC(CCC)CC4)cc3)cc2)CC1. The highest BCUT2D eigenvalue weighted by Gasteiger charge is 2.22. The molecule has 0 nitrogen and oxygen atoms in total. The minimum atomic E-state index is 0.780. The molecule has 0 radical (unpaired) electrons. The number of rotatable bonds is 12. The molecule has 1 atom stereocenters. The molecule has 0 heteroatoms. The van der Waals surface area contributed by atoms with Gasteiger partial charge in [-0.2, -0.15) is 0 Å². The Morgan fingerprint density at radius 1 is 0.571 bits per heavy atom. The van der Waals surface area contributed by atoms with Crippen LogP contribution >= 0.6 is 0 Å². The van der Waals surface area contributed by atoms with Crippen LogP contribution < -0.4 is 0 Å². The molecule has 190 valence electrons. The van der Waals surface area contributed by atoms with E-state index in [2.05, 4.69) is 68.5 Å². The Kier molecular flexibility index (Phi) is 10.5. The van der Waals surface area contributed by atoms with Crippen LogP contribution in [0.5, 0.6) is 0 Å². The Morgan fingerprint density at radius 2 is 1.20 bits per heavy atom. The van der Waals surface area contributed by atoms with Gasteiger partial charge in [-0.05, 0) is 90.5 Å². The van der Waals surface area contributed by atoms with Crippen LogP contribution in [0.1, 0.15) is 134 Å².